The SMILES string of the molecule is O=C1O[C@H](CC2COC(c3ccccc3)O2)C(O)=C1O. The Morgan fingerprint density at radius 2 is 1.95 bits per heavy atom. The second-order valence-corrected chi connectivity index (χ2v) is 4.70. The number of benzene rings is 1. The highest BCUT2D eigenvalue weighted by atomic mass is 16.7. The third-order valence-electron chi connectivity index (χ3n) is 3.29. The number of carbonyl (C=O) groups excluding carboxylic acids is 1. The third kappa shape index (κ3) is 2.35. The lowest BCUT2D eigenvalue weighted by molar-refractivity contribution is -0.143. The van der Waals surface area contributed by atoms with E-state index in [1.54, 1.807) is 0 Å². The van der Waals surface area contributed by atoms with E-state index in [9.17, 15) is 15.0 Å². The van der Waals surface area contributed by atoms with Crippen molar-refractivity contribution in [2.24, 2.45) is 0 Å². The lowest BCUT2D eigenvalue weighted by Gasteiger charge is -2.15. The van der Waals surface area contributed by atoms with E-state index in [4.69, 9.17) is 14.2 Å². The lowest BCUT2D eigenvalue weighted by atomic mass is 10.1. The van der Waals surface area contributed by atoms with Crippen LogP contribution in [-0.2, 0) is 19.0 Å². The molecule has 3 atom stereocenters. The molecule has 2 unspecified atom stereocenters. The van der Waals surface area contributed by atoms with Crippen molar-refractivity contribution in [2.75, 3.05) is 6.61 Å². The maximum Gasteiger partial charge on any atom is 0.377 e. The number of carbonyl (C=O) groups is 1. The molecule has 0 spiro atoms. The van der Waals surface area contributed by atoms with Gasteiger partial charge >= 0.3 is 5.97 Å². The van der Waals surface area contributed by atoms with Crippen LogP contribution in [0.15, 0.2) is 41.9 Å². The topological polar surface area (TPSA) is 85.2 Å². The molecule has 106 valence electrons. The number of rotatable bonds is 3. The molecule has 3 rings (SSSR count). The zero-order chi connectivity index (χ0) is 14.1. The third-order valence-corrected chi connectivity index (χ3v) is 3.29. The Morgan fingerprint density at radius 3 is 2.60 bits per heavy atom. The van der Waals surface area contributed by atoms with E-state index in [1.165, 1.54) is 0 Å². The highest BCUT2D eigenvalue weighted by Crippen LogP contribution is 2.31. The monoisotopic (exact) mass is 278 g/mol. The van der Waals surface area contributed by atoms with Crippen LogP contribution in [0.5, 0.6) is 0 Å². The molecule has 6 nitrogen and oxygen atoms in total. The second kappa shape index (κ2) is 5.15. The van der Waals surface area contributed by atoms with Crippen LogP contribution in [0.25, 0.3) is 0 Å². The summed E-state index contributed by atoms with van der Waals surface area (Å²) in [4.78, 5) is 11.1. The van der Waals surface area contributed by atoms with Crippen molar-refractivity contribution < 1.29 is 29.2 Å². The maximum atomic E-state index is 11.1. The van der Waals surface area contributed by atoms with Gasteiger partial charge in [0.15, 0.2) is 18.2 Å². The number of hydrogen-bond acceptors (Lipinski definition) is 6. The van der Waals surface area contributed by atoms with Gasteiger partial charge in [-0.2, -0.15) is 0 Å². The number of aliphatic hydroxyl groups excluding tert-OH is 2. The summed E-state index contributed by atoms with van der Waals surface area (Å²) >= 11 is 0. The van der Waals surface area contributed by atoms with Crippen molar-refractivity contribution in [1.82, 2.24) is 0 Å². The summed E-state index contributed by atoms with van der Waals surface area (Å²) in [5, 5.41) is 18.8. The van der Waals surface area contributed by atoms with Gasteiger partial charge in [-0.05, 0) is 0 Å². The molecule has 20 heavy (non-hydrogen) atoms. The quantitative estimate of drug-likeness (QED) is 0.819. The molecule has 0 aliphatic carbocycles. The molecule has 0 bridgehead atoms. The summed E-state index contributed by atoms with van der Waals surface area (Å²) in [5.41, 5.74) is 0.904. The minimum atomic E-state index is -0.911. The summed E-state index contributed by atoms with van der Waals surface area (Å²) in [6.45, 7) is 0.335. The zero-order valence-electron chi connectivity index (χ0n) is 10.6. The molecule has 0 radical (unpaired) electrons. The Morgan fingerprint density at radius 1 is 1.20 bits per heavy atom. The Kier molecular flexibility index (Phi) is 3.33. The van der Waals surface area contributed by atoms with Crippen LogP contribution < -0.4 is 0 Å². The first-order chi connectivity index (χ1) is 9.65. The summed E-state index contributed by atoms with van der Waals surface area (Å²) in [6, 6.07) is 9.47. The van der Waals surface area contributed by atoms with Crippen molar-refractivity contribution in [3.05, 3.63) is 47.4 Å². The van der Waals surface area contributed by atoms with Crippen LogP contribution in [0, 0.1) is 0 Å². The number of hydrogen-bond donors (Lipinski definition) is 2. The van der Waals surface area contributed by atoms with Gasteiger partial charge in [-0.15, -0.1) is 0 Å². The molecule has 6 heteroatoms. The molecule has 1 saturated heterocycles. The van der Waals surface area contributed by atoms with E-state index in [-0.39, 0.29) is 12.5 Å². The number of esters is 1. The number of aliphatic hydroxyl groups is 2. The molecule has 0 aromatic heterocycles. The molecule has 1 fully saturated rings. The van der Waals surface area contributed by atoms with Crippen LogP contribution in [0.1, 0.15) is 18.3 Å². The van der Waals surface area contributed by atoms with E-state index in [0.29, 0.717) is 6.61 Å². The van der Waals surface area contributed by atoms with Gasteiger partial charge in [0.25, 0.3) is 0 Å². The molecule has 2 aliphatic heterocycles. The fraction of sp³-hybridized carbons (Fsp3) is 0.357. The van der Waals surface area contributed by atoms with Crippen LogP contribution in [-0.4, -0.2) is 35.0 Å². The first-order valence-corrected chi connectivity index (χ1v) is 6.30. The smallest absolute Gasteiger partial charge is 0.377 e. The van der Waals surface area contributed by atoms with Crippen molar-refractivity contribution in [3.63, 3.8) is 0 Å². The molecule has 0 saturated carbocycles. The van der Waals surface area contributed by atoms with Gasteiger partial charge < -0.3 is 24.4 Å². The Balaban J connectivity index is 1.61. The summed E-state index contributed by atoms with van der Waals surface area (Å²) in [7, 11) is 0. The molecule has 1 aromatic carbocycles. The molecular weight excluding hydrogens is 264 g/mol. The van der Waals surface area contributed by atoms with Crippen LogP contribution in [0.4, 0.5) is 0 Å². The number of cyclic esters (lactones) is 1. The average Bonchev–Trinajstić information content (AvgIpc) is 3.02. The predicted molar refractivity (Wildman–Crippen MR) is 66.8 cm³/mol. The Bertz CT molecular complexity index is 538. The van der Waals surface area contributed by atoms with Crippen molar-refractivity contribution in [2.45, 2.75) is 24.9 Å². The first kappa shape index (κ1) is 13.0. The summed E-state index contributed by atoms with van der Waals surface area (Å²) < 4.78 is 16.1. The lowest BCUT2D eigenvalue weighted by Crippen LogP contribution is -2.22. The average molecular weight is 278 g/mol. The van der Waals surface area contributed by atoms with E-state index in [0.717, 1.165) is 5.56 Å². The van der Waals surface area contributed by atoms with Gasteiger partial charge in [-0.1, -0.05) is 30.3 Å². The van der Waals surface area contributed by atoms with Gasteiger partial charge in [0.1, 0.15) is 0 Å². The molecule has 2 aliphatic rings. The molecule has 1 aromatic rings. The van der Waals surface area contributed by atoms with E-state index >= 15 is 0 Å². The molecule has 2 N–H and O–H groups in total. The Hall–Kier alpha value is -2.05. The first-order valence-electron chi connectivity index (χ1n) is 6.30. The van der Waals surface area contributed by atoms with E-state index < -0.39 is 29.9 Å². The van der Waals surface area contributed by atoms with Gasteiger partial charge in [0, 0.05) is 12.0 Å². The van der Waals surface area contributed by atoms with Gasteiger partial charge in [0.2, 0.25) is 5.76 Å². The highest BCUT2D eigenvalue weighted by molar-refractivity contribution is 5.88. The standard InChI is InChI=1S/C14H14O6/c15-11-10(20-13(17)12(11)16)6-9-7-18-14(19-9)8-4-2-1-3-5-8/h1-5,9-10,14-16H,6-7H2/t9?,10-,14?/m1/s1. The van der Waals surface area contributed by atoms with Crippen LogP contribution >= 0.6 is 0 Å². The van der Waals surface area contributed by atoms with Crippen molar-refractivity contribution in [3.8, 4) is 0 Å². The van der Waals surface area contributed by atoms with Gasteiger partial charge in [-0.25, -0.2) is 4.79 Å². The minimum absolute atomic E-state index is 0.241. The number of ether oxygens (including phenoxy) is 3. The highest BCUT2D eigenvalue weighted by Gasteiger charge is 2.38. The second-order valence-electron chi connectivity index (χ2n) is 4.70. The normalized spacial score (nSPS) is 29.8. The summed E-state index contributed by atoms with van der Waals surface area (Å²) in [5.74, 6) is -2.08. The zero-order valence-corrected chi connectivity index (χ0v) is 10.6. The van der Waals surface area contributed by atoms with Gasteiger partial charge in [-0.3, -0.25) is 0 Å². The molecule has 2 heterocycles. The molecule has 0 amide bonds. The maximum absolute atomic E-state index is 11.1. The van der Waals surface area contributed by atoms with Crippen LogP contribution in [0.2, 0.25) is 0 Å². The van der Waals surface area contributed by atoms with Gasteiger partial charge in [0.05, 0.1) is 12.7 Å². The van der Waals surface area contributed by atoms with Crippen molar-refractivity contribution in [1.29, 1.82) is 0 Å². The fourth-order valence-corrected chi connectivity index (χ4v) is 2.25. The van der Waals surface area contributed by atoms with Crippen LogP contribution in [0.3, 0.4) is 0 Å². The Labute approximate surface area is 115 Å². The fourth-order valence-electron chi connectivity index (χ4n) is 2.25. The van der Waals surface area contributed by atoms with E-state index in [2.05, 4.69) is 0 Å². The summed E-state index contributed by atoms with van der Waals surface area (Å²) in [6.07, 6.45) is -1.40. The molecular formula is C14H14O6. The van der Waals surface area contributed by atoms with Crippen molar-refractivity contribution >= 4 is 5.97 Å². The van der Waals surface area contributed by atoms with E-state index in [1.807, 2.05) is 30.3 Å². The largest absolute Gasteiger partial charge is 0.505 e. The predicted octanol–water partition coefficient (Wildman–Crippen LogP) is 1.74. The minimum Gasteiger partial charge on any atom is -0.505 e.